The number of para-hydroxylation sites is 1. The highest BCUT2D eigenvalue weighted by molar-refractivity contribution is 9.10. The minimum atomic E-state index is -0.168. The quantitative estimate of drug-likeness (QED) is 0.247. The van der Waals surface area contributed by atoms with Crippen LogP contribution < -0.4 is 15.8 Å². The van der Waals surface area contributed by atoms with Crippen LogP contribution in [0.15, 0.2) is 51.7 Å². The number of hydrogen-bond donors (Lipinski definition) is 2. The number of carbonyl (C=O) groups excluding carboxylic acids is 1. The van der Waals surface area contributed by atoms with Crippen LogP contribution in [0, 0.1) is 10.6 Å². The summed E-state index contributed by atoms with van der Waals surface area (Å²) in [5.41, 5.74) is 1.32. The van der Waals surface area contributed by atoms with Gasteiger partial charge >= 0.3 is 0 Å². The molecule has 1 aromatic heterocycles. The third-order valence-corrected chi connectivity index (χ3v) is 7.58. The summed E-state index contributed by atoms with van der Waals surface area (Å²) in [6.45, 7) is 5.50. The molecule has 7 nitrogen and oxygen atoms in total. The zero-order valence-electron chi connectivity index (χ0n) is 20.8. The highest BCUT2D eigenvalue weighted by atomic mass is 79.9. The van der Waals surface area contributed by atoms with Crippen molar-refractivity contribution in [2.45, 2.75) is 38.6 Å². The normalized spacial score (nSPS) is 14.3. The molecule has 1 fully saturated rings. The molecule has 0 unspecified atom stereocenters. The Morgan fingerprint density at radius 1 is 1.03 bits per heavy atom. The summed E-state index contributed by atoms with van der Waals surface area (Å²) in [5, 5.41) is 3.62. The third-order valence-electron chi connectivity index (χ3n) is 6.77. The molecular weight excluding hydrogens is 557 g/mol. The van der Waals surface area contributed by atoms with E-state index in [0.717, 1.165) is 68.4 Å². The molecule has 1 aliphatic heterocycles. The largest absolute Gasteiger partial charge is 0.367 e. The van der Waals surface area contributed by atoms with Crippen LogP contribution in [-0.4, -0.2) is 59.6 Å². The standard InChI is InChI=1S/C27H33BrFN5O2S/c28-20-10-11-23-21(19-20)26(36)34(27(37)31-23)14-5-1-2-9-25(35)30-12-6-13-32-15-17-33(18-16-32)24-8-4-3-7-22(24)29/h3-4,7-8,10-11,19H,1-2,5-6,9,12-18H2,(H,30,35)(H,31,37). The summed E-state index contributed by atoms with van der Waals surface area (Å²) in [7, 11) is 0. The van der Waals surface area contributed by atoms with Crippen molar-refractivity contribution in [1.29, 1.82) is 0 Å². The van der Waals surface area contributed by atoms with Gasteiger partial charge in [-0.3, -0.25) is 19.1 Å². The third kappa shape index (κ3) is 7.49. The Bertz CT molecular complexity index is 1340. The van der Waals surface area contributed by atoms with Gasteiger partial charge in [-0.05, 0) is 68.4 Å². The highest BCUT2D eigenvalue weighted by Crippen LogP contribution is 2.20. The lowest BCUT2D eigenvalue weighted by atomic mass is 10.2. The first-order chi connectivity index (χ1) is 17.9. The van der Waals surface area contributed by atoms with Gasteiger partial charge in [0.2, 0.25) is 5.91 Å². The fourth-order valence-electron chi connectivity index (χ4n) is 4.70. The summed E-state index contributed by atoms with van der Waals surface area (Å²) in [6, 6.07) is 12.4. The number of nitrogens with zero attached hydrogens (tertiary/aromatic N) is 3. The lowest BCUT2D eigenvalue weighted by molar-refractivity contribution is -0.121. The van der Waals surface area contributed by atoms with Crippen LogP contribution in [0.3, 0.4) is 0 Å². The summed E-state index contributed by atoms with van der Waals surface area (Å²) in [5.74, 6) is -0.104. The maximum atomic E-state index is 14.0. The second-order valence-corrected chi connectivity index (χ2v) is 10.7. The summed E-state index contributed by atoms with van der Waals surface area (Å²) < 4.78 is 16.9. The first-order valence-corrected chi connectivity index (χ1v) is 14.0. The summed E-state index contributed by atoms with van der Waals surface area (Å²) in [6.07, 6.45) is 3.77. The molecule has 4 rings (SSSR count). The summed E-state index contributed by atoms with van der Waals surface area (Å²) in [4.78, 5) is 32.6. The van der Waals surface area contributed by atoms with E-state index < -0.39 is 0 Å². The van der Waals surface area contributed by atoms with Crippen molar-refractivity contribution in [2.24, 2.45) is 0 Å². The molecular formula is C27H33BrFN5O2S. The van der Waals surface area contributed by atoms with Gasteiger partial charge in [-0.2, -0.15) is 0 Å². The number of rotatable bonds is 11. The number of aromatic amines is 1. The lowest BCUT2D eigenvalue weighted by Gasteiger charge is -2.36. The van der Waals surface area contributed by atoms with Crippen molar-refractivity contribution in [3.05, 3.63) is 67.9 Å². The Morgan fingerprint density at radius 3 is 2.59 bits per heavy atom. The molecule has 2 N–H and O–H groups in total. The molecule has 1 amide bonds. The van der Waals surface area contributed by atoms with Crippen LogP contribution in [0.5, 0.6) is 0 Å². The van der Waals surface area contributed by atoms with E-state index >= 15 is 0 Å². The van der Waals surface area contributed by atoms with Gasteiger partial charge < -0.3 is 15.2 Å². The van der Waals surface area contributed by atoms with Crippen LogP contribution in [0.2, 0.25) is 0 Å². The number of unbranched alkanes of at least 4 members (excludes halogenated alkanes) is 2. The number of nitrogens with one attached hydrogen (secondary N) is 2. The molecule has 1 aliphatic rings. The van der Waals surface area contributed by atoms with Gasteiger partial charge in [0.05, 0.1) is 16.6 Å². The van der Waals surface area contributed by atoms with Crippen LogP contribution in [-0.2, 0) is 11.3 Å². The molecule has 198 valence electrons. The van der Waals surface area contributed by atoms with Crippen molar-refractivity contribution < 1.29 is 9.18 Å². The van der Waals surface area contributed by atoms with E-state index in [1.807, 2.05) is 24.3 Å². The molecule has 0 aliphatic carbocycles. The Labute approximate surface area is 229 Å². The molecule has 10 heteroatoms. The first kappa shape index (κ1) is 27.5. The zero-order chi connectivity index (χ0) is 26.2. The van der Waals surface area contributed by atoms with Crippen molar-refractivity contribution in [2.75, 3.05) is 44.2 Å². The zero-order valence-corrected chi connectivity index (χ0v) is 23.3. The molecule has 37 heavy (non-hydrogen) atoms. The van der Waals surface area contributed by atoms with E-state index in [9.17, 15) is 14.0 Å². The Morgan fingerprint density at radius 2 is 1.81 bits per heavy atom. The average molecular weight is 591 g/mol. The number of carbonyl (C=O) groups is 1. The van der Waals surface area contributed by atoms with Gasteiger partial charge in [0.1, 0.15) is 5.82 Å². The minimum absolute atomic E-state index is 0.0642. The fourth-order valence-corrected chi connectivity index (χ4v) is 5.34. The number of piperazine rings is 1. The molecule has 2 aromatic carbocycles. The molecule has 0 saturated carbocycles. The number of anilines is 1. The number of hydrogen-bond acceptors (Lipinski definition) is 5. The molecule has 1 saturated heterocycles. The van der Waals surface area contributed by atoms with Crippen molar-refractivity contribution >= 4 is 50.6 Å². The van der Waals surface area contributed by atoms with Gasteiger partial charge in [-0.25, -0.2) is 4.39 Å². The first-order valence-electron chi connectivity index (χ1n) is 12.8. The van der Waals surface area contributed by atoms with Gasteiger partial charge in [-0.1, -0.05) is 34.5 Å². The maximum absolute atomic E-state index is 14.0. The summed E-state index contributed by atoms with van der Waals surface area (Å²) >= 11 is 8.78. The van der Waals surface area contributed by atoms with Crippen molar-refractivity contribution in [1.82, 2.24) is 19.8 Å². The molecule has 3 aromatic rings. The predicted octanol–water partition coefficient (Wildman–Crippen LogP) is 4.85. The average Bonchev–Trinajstić information content (AvgIpc) is 2.89. The van der Waals surface area contributed by atoms with Crippen LogP contribution in [0.4, 0.5) is 10.1 Å². The number of fused-ring (bicyclic) bond motifs is 1. The van der Waals surface area contributed by atoms with Crippen LogP contribution >= 0.6 is 28.1 Å². The monoisotopic (exact) mass is 589 g/mol. The van der Waals surface area contributed by atoms with Crippen LogP contribution in [0.25, 0.3) is 10.9 Å². The SMILES string of the molecule is O=C(CCCCCn1c(=S)[nH]c2ccc(Br)cc2c1=O)NCCCN1CCN(c2ccccc2F)CC1. The number of aromatic nitrogens is 2. The van der Waals surface area contributed by atoms with Crippen LogP contribution in [0.1, 0.15) is 32.1 Å². The van der Waals surface area contributed by atoms with E-state index in [1.165, 1.54) is 6.07 Å². The van der Waals surface area contributed by atoms with E-state index in [4.69, 9.17) is 12.2 Å². The van der Waals surface area contributed by atoms with E-state index in [-0.39, 0.29) is 17.3 Å². The topological polar surface area (TPSA) is 73.4 Å². The fraction of sp³-hybridized carbons (Fsp3) is 0.444. The van der Waals surface area contributed by atoms with Gasteiger partial charge in [0, 0.05) is 50.2 Å². The second-order valence-electron chi connectivity index (χ2n) is 9.37. The molecule has 0 spiro atoms. The number of benzene rings is 2. The van der Waals surface area contributed by atoms with Crippen molar-refractivity contribution in [3.63, 3.8) is 0 Å². The van der Waals surface area contributed by atoms with E-state index in [2.05, 4.69) is 36.0 Å². The smallest absolute Gasteiger partial charge is 0.262 e. The molecule has 0 atom stereocenters. The Balaban J connectivity index is 1.09. The Kier molecular flexibility index (Phi) is 9.88. The van der Waals surface area contributed by atoms with Gasteiger partial charge in [-0.15, -0.1) is 0 Å². The number of H-pyrrole nitrogens is 1. The van der Waals surface area contributed by atoms with Gasteiger partial charge in [0.25, 0.3) is 5.56 Å². The van der Waals surface area contributed by atoms with E-state index in [1.54, 1.807) is 16.7 Å². The maximum Gasteiger partial charge on any atom is 0.262 e. The van der Waals surface area contributed by atoms with Gasteiger partial charge in [0.15, 0.2) is 4.77 Å². The second kappa shape index (κ2) is 13.3. The van der Waals surface area contributed by atoms with Crippen molar-refractivity contribution in [3.8, 4) is 0 Å². The predicted molar refractivity (Wildman–Crippen MR) is 152 cm³/mol. The molecule has 2 heterocycles. The highest BCUT2D eigenvalue weighted by Gasteiger charge is 2.18. The molecule has 0 radical (unpaired) electrons. The van der Waals surface area contributed by atoms with E-state index in [0.29, 0.717) is 35.4 Å². The number of amides is 1. The lowest BCUT2D eigenvalue weighted by Crippen LogP contribution is -2.47. The molecule has 0 bridgehead atoms. The Hall–Kier alpha value is -2.56. The minimum Gasteiger partial charge on any atom is -0.367 e. The number of halogens is 2.